The standard InChI is InChI=1S/C21H34N4O/c1-2-22-16-19-8-10-25(11-9-19)21(26)18-24-14-12-23(13-15-24)17-20-6-4-3-5-7-20/h3-7,19,22H,2,8-18H2,1H3. The van der Waals surface area contributed by atoms with Crippen LogP contribution in [0.3, 0.4) is 0 Å². The lowest BCUT2D eigenvalue weighted by Crippen LogP contribution is -2.51. The minimum atomic E-state index is 0.323. The van der Waals surface area contributed by atoms with E-state index in [0.29, 0.717) is 12.5 Å². The molecule has 2 fully saturated rings. The number of piperidine rings is 1. The van der Waals surface area contributed by atoms with Crippen LogP contribution < -0.4 is 5.32 Å². The Bertz CT molecular complexity index is 534. The van der Waals surface area contributed by atoms with Gasteiger partial charge in [-0.3, -0.25) is 14.6 Å². The molecule has 5 nitrogen and oxygen atoms in total. The number of carbonyl (C=O) groups is 1. The average molecular weight is 359 g/mol. The Balaban J connectivity index is 1.35. The van der Waals surface area contributed by atoms with Crippen molar-refractivity contribution in [3.8, 4) is 0 Å². The predicted octanol–water partition coefficient (Wildman–Crippen LogP) is 1.65. The smallest absolute Gasteiger partial charge is 0.236 e. The number of carbonyl (C=O) groups excluding carboxylic acids is 1. The highest BCUT2D eigenvalue weighted by atomic mass is 16.2. The van der Waals surface area contributed by atoms with Crippen molar-refractivity contribution in [2.24, 2.45) is 5.92 Å². The van der Waals surface area contributed by atoms with Gasteiger partial charge in [0.25, 0.3) is 0 Å². The Morgan fingerprint density at radius 3 is 2.31 bits per heavy atom. The molecule has 0 saturated carbocycles. The van der Waals surface area contributed by atoms with Gasteiger partial charge in [-0.1, -0.05) is 37.3 Å². The van der Waals surface area contributed by atoms with Crippen LogP contribution in [-0.4, -0.2) is 79.5 Å². The second kappa shape index (κ2) is 10.0. The normalized spacial score (nSPS) is 20.4. The lowest BCUT2D eigenvalue weighted by Gasteiger charge is -2.37. The van der Waals surface area contributed by atoms with Crippen molar-refractivity contribution in [3.05, 3.63) is 35.9 Å². The van der Waals surface area contributed by atoms with Crippen molar-refractivity contribution in [2.75, 3.05) is 58.9 Å². The van der Waals surface area contributed by atoms with Crippen LogP contribution in [0.1, 0.15) is 25.3 Å². The molecule has 0 radical (unpaired) electrons. The fourth-order valence-electron chi connectivity index (χ4n) is 3.97. The first-order valence-electron chi connectivity index (χ1n) is 10.2. The van der Waals surface area contributed by atoms with Crippen molar-refractivity contribution in [1.29, 1.82) is 0 Å². The Kier molecular flexibility index (Phi) is 7.47. The van der Waals surface area contributed by atoms with Gasteiger partial charge in [0.05, 0.1) is 6.54 Å². The SMILES string of the molecule is CCNCC1CCN(C(=O)CN2CCN(Cc3ccccc3)CC2)CC1. The zero-order valence-electron chi connectivity index (χ0n) is 16.2. The fraction of sp³-hybridized carbons (Fsp3) is 0.667. The number of nitrogens with one attached hydrogen (secondary N) is 1. The summed E-state index contributed by atoms with van der Waals surface area (Å²) in [5.74, 6) is 1.06. The summed E-state index contributed by atoms with van der Waals surface area (Å²) in [4.78, 5) is 19.5. The van der Waals surface area contributed by atoms with Crippen LogP contribution in [0.4, 0.5) is 0 Å². The van der Waals surface area contributed by atoms with Gasteiger partial charge < -0.3 is 10.2 Å². The average Bonchev–Trinajstić information content (AvgIpc) is 2.69. The van der Waals surface area contributed by atoms with E-state index in [0.717, 1.165) is 77.7 Å². The van der Waals surface area contributed by atoms with Gasteiger partial charge >= 0.3 is 0 Å². The highest BCUT2D eigenvalue weighted by Gasteiger charge is 2.25. The third-order valence-corrected chi connectivity index (χ3v) is 5.72. The molecular weight excluding hydrogens is 324 g/mol. The van der Waals surface area contributed by atoms with E-state index in [1.807, 2.05) is 0 Å². The summed E-state index contributed by atoms with van der Waals surface area (Å²) in [5.41, 5.74) is 1.37. The van der Waals surface area contributed by atoms with Gasteiger partial charge in [-0.15, -0.1) is 0 Å². The summed E-state index contributed by atoms with van der Waals surface area (Å²) in [6, 6.07) is 10.7. The molecule has 2 saturated heterocycles. The summed E-state index contributed by atoms with van der Waals surface area (Å²) in [5, 5.41) is 3.43. The number of hydrogen-bond donors (Lipinski definition) is 1. The van der Waals surface area contributed by atoms with Crippen LogP contribution in [0.5, 0.6) is 0 Å². The third-order valence-electron chi connectivity index (χ3n) is 5.72. The largest absolute Gasteiger partial charge is 0.342 e. The first kappa shape index (κ1) is 19.3. The third kappa shape index (κ3) is 5.79. The van der Waals surface area contributed by atoms with Crippen molar-refractivity contribution in [3.63, 3.8) is 0 Å². The lowest BCUT2D eigenvalue weighted by atomic mass is 9.96. The van der Waals surface area contributed by atoms with Crippen LogP contribution >= 0.6 is 0 Å². The topological polar surface area (TPSA) is 38.8 Å². The van der Waals surface area contributed by atoms with Gasteiger partial charge in [0.2, 0.25) is 5.91 Å². The summed E-state index contributed by atoms with van der Waals surface area (Å²) < 4.78 is 0. The maximum absolute atomic E-state index is 12.6. The second-order valence-electron chi connectivity index (χ2n) is 7.67. The molecule has 144 valence electrons. The molecule has 0 aliphatic carbocycles. The van der Waals surface area contributed by atoms with Gasteiger partial charge in [0.1, 0.15) is 0 Å². The molecule has 0 spiro atoms. The fourth-order valence-corrected chi connectivity index (χ4v) is 3.97. The second-order valence-corrected chi connectivity index (χ2v) is 7.67. The monoisotopic (exact) mass is 358 g/mol. The van der Waals surface area contributed by atoms with E-state index in [1.54, 1.807) is 0 Å². The van der Waals surface area contributed by atoms with Crippen molar-refractivity contribution < 1.29 is 4.79 Å². The lowest BCUT2D eigenvalue weighted by molar-refractivity contribution is -0.134. The van der Waals surface area contributed by atoms with Gasteiger partial charge in [-0.2, -0.15) is 0 Å². The minimum absolute atomic E-state index is 0.323. The Morgan fingerprint density at radius 2 is 1.65 bits per heavy atom. The molecule has 1 aromatic rings. The molecule has 26 heavy (non-hydrogen) atoms. The summed E-state index contributed by atoms with van der Waals surface area (Å²) in [7, 11) is 0. The van der Waals surface area contributed by atoms with Crippen LogP contribution in [-0.2, 0) is 11.3 Å². The van der Waals surface area contributed by atoms with E-state index in [1.165, 1.54) is 5.56 Å². The zero-order valence-corrected chi connectivity index (χ0v) is 16.2. The Labute approximate surface area is 158 Å². The van der Waals surface area contributed by atoms with Crippen molar-refractivity contribution in [1.82, 2.24) is 20.0 Å². The van der Waals surface area contributed by atoms with Crippen molar-refractivity contribution in [2.45, 2.75) is 26.3 Å². The number of likely N-dealkylation sites (tertiary alicyclic amines) is 1. The maximum Gasteiger partial charge on any atom is 0.236 e. The van der Waals surface area contributed by atoms with E-state index in [4.69, 9.17) is 0 Å². The summed E-state index contributed by atoms with van der Waals surface area (Å²) in [6.07, 6.45) is 2.28. The molecule has 0 aromatic heterocycles. The van der Waals surface area contributed by atoms with Crippen molar-refractivity contribution >= 4 is 5.91 Å². The van der Waals surface area contributed by atoms with Gasteiger partial charge in [0, 0.05) is 45.8 Å². The molecule has 0 unspecified atom stereocenters. The van der Waals surface area contributed by atoms with E-state index >= 15 is 0 Å². The molecule has 2 heterocycles. The number of hydrogen-bond acceptors (Lipinski definition) is 4. The first-order chi connectivity index (χ1) is 12.7. The molecule has 2 aliphatic heterocycles. The van der Waals surface area contributed by atoms with Crippen LogP contribution in [0.2, 0.25) is 0 Å². The quantitative estimate of drug-likeness (QED) is 0.804. The number of rotatable bonds is 7. The first-order valence-corrected chi connectivity index (χ1v) is 10.2. The number of amides is 1. The zero-order chi connectivity index (χ0) is 18.2. The molecule has 1 amide bonds. The predicted molar refractivity (Wildman–Crippen MR) is 106 cm³/mol. The molecular formula is C21H34N4O. The van der Waals surface area contributed by atoms with E-state index in [9.17, 15) is 4.79 Å². The molecule has 2 aliphatic rings. The molecule has 3 rings (SSSR count). The minimum Gasteiger partial charge on any atom is -0.342 e. The van der Waals surface area contributed by atoms with Gasteiger partial charge in [-0.25, -0.2) is 0 Å². The highest BCUT2D eigenvalue weighted by molar-refractivity contribution is 5.78. The van der Waals surface area contributed by atoms with Crippen LogP contribution in [0.25, 0.3) is 0 Å². The van der Waals surface area contributed by atoms with Crippen LogP contribution in [0.15, 0.2) is 30.3 Å². The molecule has 0 atom stereocenters. The van der Waals surface area contributed by atoms with Gasteiger partial charge in [-0.05, 0) is 37.4 Å². The highest BCUT2D eigenvalue weighted by Crippen LogP contribution is 2.17. The van der Waals surface area contributed by atoms with E-state index in [-0.39, 0.29) is 0 Å². The van der Waals surface area contributed by atoms with Gasteiger partial charge in [0.15, 0.2) is 0 Å². The number of nitrogens with zero attached hydrogens (tertiary/aromatic N) is 3. The summed E-state index contributed by atoms with van der Waals surface area (Å²) >= 11 is 0. The van der Waals surface area contributed by atoms with Crippen LogP contribution in [0, 0.1) is 5.92 Å². The maximum atomic E-state index is 12.6. The molecule has 5 heteroatoms. The molecule has 0 bridgehead atoms. The molecule has 1 N–H and O–H groups in total. The number of piperazine rings is 1. The summed E-state index contributed by atoms with van der Waals surface area (Å²) in [6.45, 7) is 11.9. The van der Waals surface area contributed by atoms with E-state index < -0.39 is 0 Å². The Hall–Kier alpha value is -1.43. The number of benzene rings is 1. The Morgan fingerprint density at radius 1 is 1.00 bits per heavy atom. The molecule has 1 aromatic carbocycles. The van der Waals surface area contributed by atoms with E-state index in [2.05, 4.69) is 57.3 Å².